The largest absolute Gasteiger partial charge is 0.491 e. The number of carbonyl (C=O) groups is 1. The highest BCUT2D eigenvalue weighted by Crippen LogP contribution is 2.29. The Hall–Kier alpha value is -2.49. The smallest absolute Gasteiger partial charge is 0.163 e. The molecule has 4 heteroatoms. The van der Waals surface area contributed by atoms with Crippen LogP contribution >= 0.6 is 0 Å². The topological polar surface area (TPSA) is 44.8 Å². The standard InChI is InChI=1S/C33H50O4/c1-7-10-14-25(4)35-30-18-13-17-28(23-30)32(34)21-19-29-24-31(36-26(5)15-11-8-2)20-22-33(29)37-27(6)16-12-9-3/h13,17-18,20,22-27H,7-12,14-16,19,21H2,1-6H3. The minimum atomic E-state index is 0.110. The quantitative estimate of drug-likeness (QED) is 0.177. The molecule has 2 rings (SSSR count). The van der Waals surface area contributed by atoms with E-state index in [1.807, 2.05) is 36.4 Å². The first-order valence-electron chi connectivity index (χ1n) is 14.6. The molecule has 2 aromatic rings. The van der Waals surface area contributed by atoms with Gasteiger partial charge in [0.2, 0.25) is 0 Å². The number of benzene rings is 2. The maximum absolute atomic E-state index is 13.2. The van der Waals surface area contributed by atoms with Crippen molar-refractivity contribution in [3.8, 4) is 17.2 Å². The van der Waals surface area contributed by atoms with Crippen LogP contribution in [-0.4, -0.2) is 24.1 Å². The van der Waals surface area contributed by atoms with Crippen LogP contribution in [0.1, 0.15) is 122 Å². The number of ketones is 1. The second kappa shape index (κ2) is 17.1. The SMILES string of the molecule is CCCCC(C)Oc1cccc(C(=O)CCc2cc(OC(C)CCCC)ccc2OC(C)CCCC)c1. The Bertz CT molecular complexity index is 922. The summed E-state index contributed by atoms with van der Waals surface area (Å²) in [6.45, 7) is 12.9. The van der Waals surface area contributed by atoms with Crippen molar-refractivity contribution in [3.63, 3.8) is 0 Å². The minimum absolute atomic E-state index is 0.110. The highest BCUT2D eigenvalue weighted by Gasteiger charge is 2.15. The van der Waals surface area contributed by atoms with Crippen LogP contribution in [-0.2, 0) is 6.42 Å². The molecule has 0 amide bonds. The van der Waals surface area contributed by atoms with E-state index in [-0.39, 0.29) is 24.1 Å². The van der Waals surface area contributed by atoms with E-state index in [1.54, 1.807) is 0 Å². The molecular formula is C33H50O4. The number of hydrogen-bond donors (Lipinski definition) is 0. The summed E-state index contributed by atoms with van der Waals surface area (Å²) in [7, 11) is 0. The summed E-state index contributed by atoms with van der Waals surface area (Å²) < 4.78 is 18.6. The molecule has 206 valence electrons. The Labute approximate surface area is 226 Å². The normalized spacial score (nSPS) is 13.6. The lowest BCUT2D eigenvalue weighted by molar-refractivity contribution is 0.0981. The maximum Gasteiger partial charge on any atom is 0.163 e. The van der Waals surface area contributed by atoms with Crippen LogP contribution in [0.4, 0.5) is 0 Å². The van der Waals surface area contributed by atoms with Crippen molar-refractivity contribution in [2.24, 2.45) is 0 Å². The predicted octanol–water partition coefficient (Wildman–Crippen LogP) is 9.37. The molecule has 2 aromatic carbocycles. The van der Waals surface area contributed by atoms with Crippen LogP contribution in [0.2, 0.25) is 0 Å². The zero-order chi connectivity index (χ0) is 27.0. The van der Waals surface area contributed by atoms with Gasteiger partial charge in [-0.05, 0) is 82.3 Å². The zero-order valence-electron chi connectivity index (χ0n) is 24.2. The Morgan fingerprint density at radius 2 is 1.24 bits per heavy atom. The molecular weight excluding hydrogens is 460 g/mol. The van der Waals surface area contributed by atoms with E-state index in [1.165, 1.54) is 0 Å². The summed E-state index contributed by atoms with van der Waals surface area (Å²) in [6, 6.07) is 13.7. The van der Waals surface area contributed by atoms with Crippen LogP contribution in [0.15, 0.2) is 42.5 Å². The first-order valence-corrected chi connectivity index (χ1v) is 14.6. The highest BCUT2D eigenvalue weighted by molar-refractivity contribution is 5.96. The van der Waals surface area contributed by atoms with Crippen molar-refractivity contribution in [1.82, 2.24) is 0 Å². The van der Waals surface area contributed by atoms with Crippen LogP contribution in [0.25, 0.3) is 0 Å². The van der Waals surface area contributed by atoms with Gasteiger partial charge < -0.3 is 14.2 Å². The number of rotatable bonds is 19. The zero-order valence-corrected chi connectivity index (χ0v) is 24.2. The van der Waals surface area contributed by atoms with Gasteiger partial charge in [-0.15, -0.1) is 0 Å². The number of ether oxygens (including phenoxy) is 3. The summed E-state index contributed by atoms with van der Waals surface area (Å²) in [5, 5.41) is 0. The molecule has 0 aromatic heterocycles. The Balaban J connectivity index is 2.11. The number of unbranched alkanes of at least 4 members (excludes halogenated alkanes) is 3. The molecule has 0 saturated heterocycles. The second-order valence-corrected chi connectivity index (χ2v) is 10.4. The molecule has 0 radical (unpaired) electrons. The average molecular weight is 511 g/mol. The van der Waals surface area contributed by atoms with E-state index < -0.39 is 0 Å². The van der Waals surface area contributed by atoms with E-state index in [4.69, 9.17) is 14.2 Å². The second-order valence-electron chi connectivity index (χ2n) is 10.4. The average Bonchev–Trinajstić information content (AvgIpc) is 2.89. The molecule has 37 heavy (non-hydrogen) atoms. The number of hydrogen-bond acceptors (Lipinski definition) is 4. The third-order valence-electron chi connectivity index (χ3n) is 6.70. The Morgan fingerprint density at radius 1 is 0.703 bits per heavy atom. The highest BCUT2D eigenvalue weighted by atomic mass is 16.5. The third kappa shape index (κ3) is 11.6. The lowest BCUT2D eigenvalue weighted by Crippen LogP contribution is -2.14. The van der Waals surface area contributed by atoms with Crippen molar-refractivity contribution < 1.29 is 19.0 Å². The van der Waals surface area contributed by atoms with Gasteiger partial charge in [0.25, 0.3) is 0 Å². The van der Waals surface area contributed by atoms with Gasteiger partial charge in [-0.3, -0.25) is 4.79 Å². The van der Waals surface area contributed by atoms with Crippen molar-refractivity contribution in [3.05, 3.63) is 53.6 Å². The first kappa shape index (κ1) is 30.7. The molecule has 0 spiro atoms. The van der Waals surface area contributed by atoms with E-state index in [9.17, 15) is 4.79 Å². The van der Waals surface area contributed by atoms with Crippen molar-refractivity contribution in [2.45, 2.75) is 130 Å². The molecule has 0 bridgehead atoms. The Morgan fingerprint density at radius 3 is 1.81 bits per heavy atom. The van der Waals surface area contributed by atoms with Crippen LogP contribution < -0.4 is 14.2 Å². The minimum Gasteiger partial charge on any atom is -0.491 e. The molecule has 0 N–H and O–H groups in total. The van der Waals surface area contributed by atoms with E-state index >= 15 is 0 Å². The molecule has 4 nitrogen and oxygen atoms in total. The van der Waals surface area contributed by atoms with Gasteiger partial charge in [-0.2, -0.15) is 0 Å². The van der Waals surface area contributed by atoms with Crippen LogP contribution in [0.3, 0.4) is 0 Å². The van der Waals surface area contributed by atoms with Gasteiger partial charge in [0.1, 0.15) is 17.2 Å². The molecule has 0 aliphatic heterocycles. The number of carbonyl (C=O) groups excluding carboxylic acids is 1. The summed E-state index contributed by atoms with van der Waals surface area (Å²) in [5.41, 5.74) is 1.72. The van der Waals surface area contributed by atoms with Gasteiger partial charge in [0.15, 0.2) is 5.78 Å². The summed E-state index contributed by atoms with van der Waals surface area (Å²) in [6.07, 6.45) is 11.4. The van der Waals surface area contributed by atoms with Crippen molar-refractivity contribution in [2.75, 3.05) is 0 Å². The molecule has 0 aliphatic rings. The summed E-state index contributed by atoms with van der Waals surface area (Å²) in [5.74, 6) is 2.57. The fourth-order valence-electron chi connectivity index (χ4n) is 4.41. The Kier molecular flexibility index (Phi) is 14.2. The first-order chi connectivity index (χ1) is 17.9. The van der Waals surface area contributed by atoms with E-state index in [0.29, 0.717) is 18.4 Å². The van der Waals surface area contributed by atoms with Gasteiger partial charge in [0, 0.05) is 12.0 Å². The van der Waals surface area contributed by atoms with Crippen molar-refractivity contribution >= 4 is 5.78 Å². The van der Waals surface area contributed by atoms with Crippen LogP contribution in [0, 0.1) is 0 Å². The number of aryl methyl sites for hydroxylation is 1. The molecule has 3 atom stereocenters. The predicted molar refractivity (Wildman–Crippen MR) is 154 cm³/mol. The molecule has 0 fully saturated rings. The molecule has 0 aliphatic carbocycles. The molecule has 0 heterocycles. The van der Waals surface area contributed by atoms with Crippen molar-refractivity contribution in [1.29, 1.82) is 0 Å². The molecule has 3 unspecified atom stereocenters. The van der Waals surface area contributed by atoms with Crippen LogP contribution in [0.5, 0.6) is 17.2 Å². The number of Topliss-reactive ketones (excluding diaryl/α,β-unsaturated/α-hetero) is 1. The fraction of sp³-hybridized carbons (Fsp3) is 0.606. The van der Waals surface area contributed by atoms with Gasteiger partial charge in [0.05, 0.1) is 18.3 Å². The lowest BCUT2D eigenvalue weighted by Gasteiger charge is -2.20. The van der Waals surface area contributed by atoms with E-state index in [0.717, 1.165) is 80.6 Å². The van der Waals surface area contributed by atoms with Gasteiger partial charge in [-0.25, -0.2) is 0 Å². The summed E-state index contributed by atoms with van der Waals surface area (Å²) in [4.78, 5) is 13.2. The maximum atomic E-state index is 13.2. The van der Waals surface area contributed by atoms with E-state index in [2.05, 4.69) is 47.6 Å². The lowest BCUT2D eigenvalue weighted by atomic mass is 10.0. The fourth-order valence-corrected chi connectivity index (χ4v) is 4.41. The monoisotopic (exact) mass is 510 g/mol. The third-order valence-corrected chi connectivity index (χ3v) is 6.70. The summed E-state index contributed by atoms with van der Waals surface area (Å²) >= 11 is 0. The van der Waals surface area contributed by atoms with Gasteiger partial charge in [-0.1, -0.05) is 71.4 Å². The molecule has 0 saturated carbocycles. The van der Waals surface area contributed by atoms with Gasteiger partial charge >= 0.3 is 0 Å².